The summed E-state index contributed by atoms with van der Waals surface area (Å²) in [5.74, 6) is 0. The second kappa shape index (κ2) is 9.99. The number of hydrogen-bond donors (Lipinski definition) is 1. The topological polar surface area (TPSA) is 24.9 Å². The van der Waals surface area contributed by atoms with E-state index in [-0.39, 0.29) is 6.04 Å². The first kappa shape index (κ1) is 22.6. The lowest BCUT2D eigenvalue weighted by atomic mass is 9.86. The van der Waals surface area contributed by atoms with Gasteiger partial charge in [0.1, 0.15) is 0 Å². The largest absolute Gasteiger partial charge is 0.380 e. The summed E-state index contributed by atoms with van der Waals surface area (Å²) in [6.07, 6.45) is 8.60. The number of aryl methyl sites for hydroxylation is 1. The Bertz CT molecular complexity index is 1440. The number of rotatable bonds is 5. The smallest absolute Gasteiger partial charge is 0.0710 e. The number of nitrogens with one attached hydrogen (secondary N) is 1. The SMILES string of the molecule is C/C=C(\c1ccccc1-c1cc(C)ccn1)c1ccccc1C1C=C(C)C(c2ccccc2)=CN1. The summed E-state index contributed by atoms with van der Waals surface area (Å²) >= 11 is 0. The molecule has 0 fully saturated rings. The van der Waals surface area contributed by atoms with Gasteiger partial charge in [-0.3, -0.25) is 4.98 Å². The van der Waals surface area contributed by atoms with Gasteiger partial charge in [0.2, 0.25) is 0 Å². The van der Waals surface area contributed by atoms with Gasteiger partial charge in [-0.05, 0) is 71.9 Å². The summed E-state index contributed by atoms with van der Waals surface area (Å²) in [7, 11) is 0. The fourth-order valence-electron chi connectivity index (χ4n) is 4.88. The highest BCUT2D eigenvalue weighted by Gasteiger charge is 2.21. The molecule has 1 aliphatic rings. The second-order valence-electron chi connectivity index (χ2n) is 8.97. The zero-order chi connectivity index (χ0) is 24.2. The third kappa shape index (κ3) is 4.61. The summed E-state index contributed by atoms with van der Waals surface area (Å²) in [4.78, 5) is 4.68. The fourth-order valence-corrected chi connectivity index (χ4v) is 4.88. The Hall–Kier alpha value is -4.17. The van der Waals surface area contributed by atoms with E-state index in [1.807, 2.05) is 12.3 Å². The van der Waals surface area contributed by atoms with Crippen molar-refractivity contribution in [2.75, 3.05) is 0 Å². The number of nitrogens with zero attached hydrogens (tertiary/aromatic N) is 1. The van der Waals surface area contributed by atoms with Crippen molar-refractivity contribution < 1.29 is 0 Å². The highest BCUT2D eigenvalue weighted by atomic mass is 14.9. The molecule has 2 heterocycles. The van der Waals surface area contributed by atoms with Crippen molar-refractivity contribution in [1.29, 1.82) is 0 Å². The molecule has 1 N–H and O–H groups in total. The fraction of sp³-hybridized carbons (Fsp3) is 0.121. The van der Waals surface area contributed by atoms with Gasteiger partial charge in [-0.25, -0.2) is 0 Å². The highest BCUT2D eigenvalue weighted by Crippen LogP contribution is 2.37. The normalized spacial score (nSPS) is 15.7. The Morgan fingerprint density at radius 2 is 1.54 bits per heavy atom. The minimum Gasteiger partial charge on any atom is -0.380 e. The Morgan fingerprint density at radius 3 is 2.29 bits per heavy atom. The van der Waals surface area contributed by atoms with Crippen molar-refractivity contribution in [3.05, 3.63) is 149 Å². The van der Waals surface area contributed by atoms with E-state index in [1.165, 1.54) is 44.5 Å². The van der Waals surface area contributed by atoms with Gasteiger partial charge in [0.15, 0.2) is 0 Å². The molecule has 0 amide bonds. The first-order valence-corrected chi connectivity index (χ1v) is 12.1. The molecule has 1 atom stereocenters. The van der Waals surface area contributed by atoms with Crippen molar-refractivity contribution in [3.63, 3.8) is 0 Å². The van der Waals surface area contributed by atoms with Crippen LogP contribution in [-0.2, 0) is 0 Å². The lowest BCUT2D eigenvalue weighted by Crippen LogP contribution is -2.19. The van der Waals surface area contributed by atoms with E-state index in [9.17, 15) is 0 Å². The molecular formula is C33H30N2. The molecule has 1 aromatic heterocycles. The van der Waals surface area contributed by atoms with Crippen LogP contribution in [0.2, 0.25) is 0 Å². The first-order valence-electron chi connectivity index (χ1n) is 12.1. The molecule has 4 aromatic rings. The molecule has 0 bridgehead atoms. The van der Waals surface area contributed by atoms with Gasteiger partial charge in [-0.15, -0.1) is 0 Å². The van der Waals surface area contributed by atoms with Crippen LogP contribution in [0.5, 0.6) is 0 Å². The van der Waals surface area contributed by atoms with Crippen LogP contribution in [0.3, 0.4) is 0 Å². The summed E-state index contributed by atoms with van der Waals surface area (Å²) < 4.78 is 0. The van der Waals surface area contributed by atoms with Crippen LogP contribution in [0.4, 0.5) is 0 Å². The third-order valence-electron chi connectivity index (χ3n) is 6.62. The molecule has 0 aliphatic carbocycles. The standard InChI is InChI=1S/C33H30N2/c1-4-26(27-14-8-10-16-29(27)32-20-23(2)18-19-34-32)28-15-9-11-17-30(28)33-21-24(3)31(22-35-33)25-12-6-5-7-13-25/h4-22,33,35H,1-3H3/b26-4+. The van der Waals surface area contributed by atoms with Crippen LogP contribution in [0.15, 0.2) is 121 Å². The molecule has 0 saturated heterocycles. The summed E-state index contributed by atoms with van der Waals surface area (Å²) in [6, 6.07) is 32.1. The Labute approximate surface area is 208 Å². The average molecular weight is 455 g/mol. The van der Waals surface area contributed by atoms with E-state index in [0.29, 0.717) is 0 Å². The summed E-state index contributed by atoms with van der Waals surface area (Å²) in [6.45, 7) is 6.43. The number of pyridine rings is 1. The molecule has 35 heavy (non-hydrogen) atoms. The molecule has 0 radical (unpaired) electrons. The van der Waals surface area contributed by atoms with Gasteiger partial charge in [0, 0.05) is 23.5 Å². The molecule has 172 valence electrons. The van der Waals surface area contributed by atoms with Gasteiger partial charge < -0.3 is 5.32 Å². The van der Waals surface area contributed by atoms with Crippen molar-refractivity contribution in [3.8, 4) is 11.3 Å². The Kier molecular flexibility index (Phi) is 6.45. The van der Waals surface area contributed by atoms with Crippen molar-refractivity contribution >= 4 is 11.1 Å². The van der Waals surface area contributed by atoms with Crippen LogP contribution in [0.25, 0.3) is 22.4 Å². The van der Waals surface area contributed by atoms with Crippen LogP contribution < -0.4 is 5.32 Å². The van der Waals surface area contributed by atoms with Crippen molar-refractivity contribution in [2.45, 2.75) is 26.8 Å². The summed E-state index contributed by atoms with van der Waals surface area (Å²) in [5.41, 5.74) is 12.0. The minimum absolute atomic E-state index is 0.0952. The zero-order valence-electron chi connectivity index (χ0n) is 20.5. The van der Waals surface area contributed by atoms with E-state index in [2.05, 4.69) is 134 Å². The molecule has 1 aliphatic heterocycles. The zero-order valence-corrected chi connectivity index (χ0v) is 20.5. The van der Waals surface area contributed by atoms with Crippen LogP contribution in [-0.4, -0.2) is 4.98 Å². The first-order chi connectivity index (χ1) is 17.2. The molecule has 2 heteroatoms. The molecular weight excluding hydrogens is 424 g/mol. The number of hydrogen-bond acceptors (Lipinski definition) is 2. The van der Waals surface area contributed by atoms with Crippen molar-refractivity contribution in [2.24, 2.45) is 0 Å². The lowest BCUT2D eigenvalue weighted by Gasteiger charge is -2.26. The van der Waals surface area contributed by atoms with Gasteiger partial charge in [-0.1, -0.05) is 91.0 Å². The van der Waals surface area contributed by atoms with E-state index in [4.69, 9.17) is 0 Å². The predicted octanol–water partition coefficient (Wildman–Crippen LogP) is 8.14. The van der Waals surface area contributed by atoms with E-state index >= 15 is 0 Å². The van der Waals surface area contributed by atoms with Crippen molar-refractivity contribution in [1.82, 2.24) is 10.3 Å². The number of benzene rings is 3. The Morgan fingerprint density at radius 1 is 0.829 bits per heavy atom. The molecule has 0 saturated carbocycles. The van der Waals surface area contributed by atoms with E-state index in [1.54, 1.807) is 0 Å². The maximum atomic E-state index is 4.68. The highest BCUT2D eigenvalue weighted by molar-refractivity contribution is 5.89. The van der Waals surface area contributed by atoms with Gasteiger partial charge in [-0.2, -0.15) is 0 Å². The second-order valence-corrected chi connectivity index (χ2v) is 8.97. The number of allylic oxidation sites excluding steroid dienone is 3. The lowest BCUT2D eigenvalue weighted by molar-refractivity contribution is 0.740. The predicted molar refractivity (Wildman–Crippen MR) is 148 cm³/mol. The number of aromatic nitrogens is 1. The average Bonchev–Trinajstić information content (AvgIpc) is 2.90. The van der Waals surface area contributed by atoms with Crippen LogP contribution in [0.1, 0.15) is 47.7 Å². The van der Waals surface area contributed by atoms with Gasteiger partial charge in [0.25, 0.3) is 0 Å². The monoisotopic (exact) mass is 454 g/mol. The molecule has 2 nitrogen and oxygen atoms in total. The molecule has 1 unspecified atom stereocenters. The van der Waals surface area contributed by atoms with Gasteiger partial charge >= 0.3 is 0 Å². The van der Waals surface area contributed by atoms with E-state index in [0.717, 1.165) is 11.3 Å². The number of dihydropyridines is 1. The molecule has 3 aromatic carbocycles. The minimum atomic E-state index is 0.0952. The quantitative estimate of drug-likeness (QED) is 0.329. The Balaban J connectivity index is 1.55. The third-order valence-corrected chi connectivity index (χ3v) is 6.62. The van der Waals surface area contributed by atoms with Crippen LogP contribution >= 0.6 is 0 Å². The van der Waals surface area contributed by atoms with Crippen LogP contribution in [0, 0.1) is 6.92 Å². The molecule has 0 spiro atoms. The van der Waals surface area contributed by atoms with E-state index < -0.39 is 0 Å². The van der Waals surface area contributed by atoms with Gasteiger partial charge in [0.05, 0.1) is 11.7 Å². The maximum Gasteiger partial charge on any atom is 0.0710 e. The summed E-state index contributed by atoms with van der Waals surface area (Å²) in [5, 5.41) is 3.66. The maximum absolute atomic E-state index is 4.68. The molecule has 5 rings (SSSR count).